The van der Waals surface area contributed by atoms with E-state index in [1.54, 1.807) is 4.90 Å². The lowest BCUT2D eigenvalue weighted by Gasteiger charge is -2.40. The molecule has 2 aliphatic carbocycles. The molecule has 10 nitrogen and oxygen atoms in total. The van der Waals surface area contributed by atoms with E-state index in [0.29, 0.717) is 47.8 Å². The number of amides is 3. The Labute approximate surface area is 323 Å². The van der Waals surface area contributed by atoms with Crippen LogP contribution < -0.4 is 15.1 Å². The van der Waals surface area contributed by atoms with Gasteiger partial charge in [-0.1, -0.05) is 24.3 Å². The van der Waals surface area contributed by atoms with Crippen molar-refractivity contribution in [3.63, 3.8) is 0 Å². The Hall–Kier alpha value is -5.09. The fraction of sp³-hybridized carbons (Fsp3) is 0.444. The zero-order chi connectivity index (χ0) is 37.6. The number of nitrogens with one attached hydrogen (secondary N) is 1. The maximum absolute atomic E-state index is 13.2. The van der Waals surface area contributed by atoms with E-state index in [-0.39, 0.29) is 30.1 Å². The van der Waals surface area contributed by atoms with Crippen molar-refractivity contribution in [1.29, 1.82) is 0 Å². The van der Waals surface area contributed by atoms with Gasteiger partial charge >= 0.3 is 0 Å². The third-order valence-corrected chi connectivity index (χ3v) is 13.3. The maximum Gasteiger partial charge on any atom is 0.255 e. The number of carbonyl (C=O) groups is 3. The van der Waals surface area contributed by atoms with Crippen LogP contribution in [-0.4, -0.2) is 89.6 Å². The first-order chi connectivity index (χ1) is 26.8. The topological polar surface area (TPSA) is 117 Å². The lowest BCUT2D eigenvalue weighted by Crippen LogP contribution is -2.52. The van der Waals surface area contributed by atoms with Crippen LogP contribution in [0.2, 0.25) is 0 Å². The predicted molar refractivity (Wildman–Crippen MR) is 212 cm³/mol. The van der Waals surface area contributed by atoms with Crippen LogP contribution in [0.15, 0.2) is 84.7 Å². The second kappa shape index (κ2) is 14.9. The van der Waals surface area contributed by atoms with Crippen LogP contribution in [0.4, 0.5) is 11.4 Å². The third kappa shape index (κ3) is 7.12. The third-order valence-electron chi connectivity index (χ3n) is 13.3. The molecule has 3 N–H and O–H groups in total. The Morgan fingerprint density at radius 3 is 2.25 bits per heavy atom. The summed E-state index contributed by atoms with van der Waals surface area (Å²) >= 11 is 0. The number of fused-ring (bicyclic) bond motifs is 2. The first-order valence-corrected chi connectivity index (χ1v) is 20.3. The fourth-order valence-electron chi connectivity index (χ4n) is 10.2. The Morgan fingerprint density at radius 2 is 1.51 bits per heavy atom. The molecule has 0 saturated carbocycles. The normalized spacial score (nSPS) is 26.1. The lowest BCUT2D eigenvalue weighted by atomic mass is 9.66. The Bertz CT molecular complexity index is 2030. The highest BCUT2D eigenvalue weighted by Gasteiger charge is 2.40. The van der Waals surface area contributed by atoms with E-state index in [0.717, 1.165) is 76.3 Å². The number of aliphatic hydroxyl groups is 1. The number of imide groups is 1. The van der Waals surface area contributed by atoms with Gasteiger partial charge in [0.2, 0.25) is 11.8 Å². The van der Waals surface area contributed by atoms with Crippen molar-refractivity contribution in [2.24, 2.45) is 17.8 Å². The lowest BCUT2D eigenvalue weighted by molar-refractivity contribution is -0.136. The number of allylic oxidation sites excluding steroid dienone is 3. The van der Waals surface area contributed by atoms with Crippen LogP contribution in [-0.2, 0) is 22.6 Å². The molecule has 3 fully saturated rings. The molecule has 10 heteroatoms. The van der Waals surface area contributed by atoms with Crippen LogP contribution in [0.5, 0.6) is 5.75 Å². The van der Waals surface area contributed by atoms with Gasteiger partial charge in [0.15, 0.2) is 0 Å². The summed E-state index contributed by atoms with van der Waals surface area (Å²) in [5.41, 5.74) is 7.91. The van der Waals surface area contributed by atoms with Crippen LogP contribution in [0, 0.1) is 17.8 Å². The monoisotopic (exact) mass is 741 g/mol. The summed E-state index contributed by atoms with van der Waals surface area (Å²) < 4.78 is 0. The molecule has 0 spiro atoms. The van der Waals surface area contributed by atoms with Gasteiger partial charge in [-0.05, 0) is 133 Å². The van der Waals surface area contributed by atoms with Gasteiger partial charge < -0.3 is 24.9 Å². The van der Waals surface area contributed by atoms with Crippen molar-refractivity contribution >= 4 is 29.1 Å². The van der Waals surface area contributed by atoms with Crippen molar-refractivity contribution in [3.8, 4) is 5.75 Å². The van der Waals surface area contributed by atoms with E-state index in [4.69, 9.17) is 0 Å². The Balaban J connectivity index is 0.777. The number of aryl methyl sites for hydroxylation is 1. The summed E-state index contributed by atoms with van der Waals surface area (Å²) in [6.45, 7) is 7.56. The quantitative estimate of drug-likeness (QED) is 0.257. The van der Waals surface area contributed by atoms with E-state index in [1.807, 2.05) is 36.4 Å². The van der Waals surface area contributed by atoms with Gasteiger partial charge in [0.05, 0.1) is 0 Å². The SMILES string of the molecule is O=C1CCC(N2Cc3cc(N4CCN(CC5CCN(c6ccc([C@@H]7c8ccc(O)cc8CC[C@@H]7C7C=CC(O)=CC7)cc6)CC5)CC4)ccc3C2=O)C(=O)N1. The second-order valence-electron chi connectivity index (χ2n) is 16.5. The number of anilines is 2. The van der Waals surface area contributed by atoms with Crippen LogP contribution >= 0.6 is 0 Å². The van der Waals surface area contributed by atoms with Gasteiger partial charge in [-0.2, -0.15) is 0 Å². The van der Waals surface area contributed by atoms with E-state index in [9.17, 15) is 24.6 Å². The molecule has 55 heavy (non-hydrogen) atoms. The molecule has 4 aliphatic heterocycles. The molecular weight excluding hydrogens is 691 g/mol. The number of nitrogens with zero attached hydrogens (tertiary/aromatic N) is 4. The fourth-order valence-corrected chi connectivity index (χ4v) is 10.2. The minimum atomic E-state index is -0.590. The Kier molecular flexibility index (Phi) is 9.62. The van der Waals surface area contributed by atoms with Crippen molar-refractivity contribution in [2.45, 2.75) is 63.5 Å². The summed E-state index contributed by atoms with van der Waals surface area (Å²) in [7, 11) is 0. The molecule has 3 aromatic rings. The molecule has 0 bridgehead atoms. The zero-order valence-electron chi connectivity index (χ0n) is 31.4. The molecule has 3 aromatic carbocycles. The molecule has 286 valence electrons. The van der Waals surface area contributed by atoms with Gasteiger partial charge in [0, 0.05) is 81.6 Å². The summed E-state index contributed by atoms with van der Waals surface area (Å²) in [4.78, 5) is 46.4. The van der Waals surface area contributed by atoms with Crippen molar-refractivity contribution in [3.05, 3.63) is 112 Å². The maximum atomic E-state index is 13.2. The molecule has 9 rings (SSSR count). The smallest absolute Gasteiger partial charge is 0.255 e. The molecule has 4 heterocycles. The molecule has 6 aliphatic rings. The number of phenols is 1. The largest absolute Gasteiger partial charge is 0.508 e. The van der Waals surface area contributed by atoms with Crippen molar-refractivity contribution < 1.29 is 24.6 Å². The number of rotatable bonds is 7. The molecule has 2 unspecified atom stereocenters. The number of piperazine rings is 1. The molecule has 3 amide bonds. The standard InChI is InChI=1S/C45H51N5O5/c51-36-9-3-30(4-10-36)38-12-5-32-26-37(52)11-14-39(32)43(38)31-1-6-34(7-2-31)48-19-17-29(18-20-48)27-47-21-23-49(24-22-47)35-8-13-40-33(25-35)28-50(45(40)55)41-15-16-42(53)46-44(41)54/h1-3,6-11,13-14,25-26,29-30,38,41,43,51-52H,4-5,12,15-24,27-28H2,(H,46,53,54)/t30?,38-,41?,43+/m1/s1. The second-order valence-corrected chi connectivity index (χ2v) is 16.5. The van der Waals surface area contributed by atoms with Gasteiger partial charge in [0.25, 0.3) is 5.91 Å². The number of phenolic OH excluding ortho intramolecular Hbond substituents is 1. The zero-order valence-corrected chi connectivity index (χ0v) is 31.4. The molecule has 3 saturated heterocycles. The van der Waals surface area contributed by atoms with Crippen LogP contribution in [0.1, 0.15) is 77.1 Å². The van der Waals surface area contributed by atoms with Gasteiger partial charge in [0.1, 0.15) is 17.6 Å². The van der Waals surface area contributed by atoms with Crippen LogP contribution in [0.3, 0.4) is 0 Å². The number of hydrogen-bond donors (Lipinski definition) is 3. The molecular formula is C45H51N5O5. The molecule has 0 aromatic heterocycles. The highest BCUT2D eigenvalue weighted by molar-refractivity contribution is 6.05. The average Bonchev–Trinajstić information content (AvgIpc) is 3.53. The van der Waals surface area contributed by atoms with E-state index in [1.165, 1.54) is 35.2 Å². The number of aromatic hydroxyl groups is 1. The first-order valence-electron chi connectivity index (χ1n) is 20.3. The van der Waals surface area contributed by atoms with E-state index < -0.39 is 6.04 Å². The minimum absolute atomic E-state index is 0.126. The summed E-state index contributed by atoms with van der Waals surface area (Å²) in [6, 6.07) is 20.6. The highest BCUT2D eigenvalue weighted by Crippen LogP contribution is 2.47. The summed E-state index contributed by atoms with van der Waals surface area (Å²) in [5.74, 6) is 1.65. The van der Waals surface area contributed by atoms with Gasteiger partial charge in [-0.3, -0.25) is 24.6 Å². The number of aliphatic hydroxyl groups excluding tert-OH is 1. The summed E-state index contributed by atoms with van der Waals surface area (Å²) in [5, 5.41) is 22.6. The van der Waals surface area contributed by atoms with Crippen molar-refractivity contribution in [2.75, 3.05) is 55.6 Å². The average molecular weight is 742 g/mol. The number of hydrogen-bond acceptors (Lipinski definition) is 8. The number of carbonyl (C=O) groups excluding carboxylic acids is 3. The van der Waals surface area contributed by atoms with E-state index >= 15 is 0 Å². The Morgan fingerprint density at radius 1 is 0.745 bits per heavy atom. The van der Waals surface area contributed by atoms with Crippen LogP contribution in [0.25, 0.3) is 0 Å². The van der Waals surface area contributed by atoms with Gasteiger partial charge in [-0.25, -0.2) is 0 Å². The number of benzene rings is 3. The highest BCUT2D eigenvalue weighted by atomic mass is 16.3. The predicted octanol–water partition coefficient (Wildman–Crippen LogP) is 5.90. The number of piperidine rings is 2. The minimum Gasteiger partial charge on any atom is -0.508 e. The molecule has 4 atom stereocenters. The van der Waals surface area contributed by atoms with Gasteiger partial charge in [-0.15, -0.1) is 0 Å². The van der Waals surface area contributed by atoms with Crippen molar-refractivity contribution in [1.82, 2.24) is 15.1 Å². The first kappa shape index (κ1) is 35.6. The summed E-state index contributed by atoms with van der Waals surface area (Å²) in [6.07, 6.45) is 11.9. The molecule has 0 radical (unpaired) electrons. The van der Waals surface area contributed by atoms with E-state index in [2.05, 4.69) is 62.5 Å².